The maximum Gasteiger partial charge on any atom is 0.184 e. The van der Waals surface area contributed by atoms with Crippen LogP contribution in [0.1, 0.15) is 72.1 Å². The molecule has 0 saturated heterocycles. The van der Waals surface area contributed by atoms with Gasteiger partial charge < -0.3 is 13.3 Å². The third-order valence-corrected chi connectivity index (χ3v) is 13.8. The van der Waals surface area contributed by atoms with Gasteiger partial charge >= 0.3 is 0 Å². The molecule has 0 amide bonds. The summed E-state index contributed by atoms with van der Waals surface area (Å²) in [6.07, 6.45) is 9.18. The highest BCUT2D eigenvalue weighted by atomic mass is 28.4. The minimum Gasteiger partial charge on any atom is -0.415 e. The van der Waals surface area contributed by atoms with Crippen molar-refractivity contribution in [1.82, 2.24) is 0 Å². The van der Waals surface area contributed by atoms with Gasteiger partial charge in [-0.2, -0.15) is 0 Å². The van der Waals surface area contributed by atoms with Gasteiger partial charge in [-0.3, -0.25) is 4.79 Å². The van der Waals surface area contributed by atoms with Crippen LogP contribution in [-0.2, 0) is 18.1 Å². The van der Waals surface area contributed by atoms with Crippen LogP contribution in [-0.4, -0.2) is 48.5 Å². The number of carbonyl (C=O) groups is 1. The molecular weight excluding hydrogens is 509 g/mol. The molecule has 9 atom stereocenters. The first-order valence-corrected chi connectivity index (χ1v) is 25.5. The molecule has 0 aliphatic heterocycles. The Labute approximate surface area is 231 Å². The van der Waals surface area contributed by atoms with Crippen LogP contribution in [0.5, 0.6) is 0 Å². The summed E-state index contributed by atoms with van der Waals surface area (Å²) in [7, 11) is -5.20. The molecule has 4 saturated carbocycles. The molecule has 37 heavy (non-hydrogen) atoms. The smallest absolute Gasteiger partial charge is 0.184 e. The van der Waals surface area contributed by atoms with Crippen molar-refractivity contribution in [3.63, 3.8) is 0 Å². The molecule has 214 valence electrons. The van der Waals surface area contributed by atoms with Crippen molar-refractivity contribution >= 4 is 30.7 Å². The van der Waals surface area contributed by atoms with Crippen molar-refractivity contribution in [1.29, 1.82) is 0 Å². The Balaban J connectivity index is 1.65. The Morgan fingerprint density at radius 2 is 1.49 bits per heavy atom. The fourth-order valence-corrected chi connectivity index (χ4v) is 13.8. The Bertz CT molecular complexity index is 874. The molecule has 0 N–H and O–H groups in total. The molecular formula is C30H58O4Si3. The molecule has 0 aromatic rings. The Hall–Kier alpha value is 0.201. The van der Waals surface area contributed by atoms with Crippen molar-refractivity contribution in [2.75, 3.05) is 0 Å². The van der Waals surface area contributed by atoms with Gasteiger partial charge in [-0.05, 0) is 134 Å². The fourth-order valence-electron chi connectivity index (χ4n) is 9.75. The monoisotopic (exact) mass is 566 g/mol. The molecule has 0 spiro atoms. The predicted octanol–water partition coefficient (Wildman–Crippen LogP) is 8.26. The van der Waals surface area contributed by atoms with Crippen LogP contribution in [0.4, 0.5) is 0 Å². The lowest BCUT2D eigenvalue weighted by molar-refractivity contribution is -0.183. The molecule has 0 aromatic carbocycles. The van der Waals surface area contributed by atoms with Gasteiger partial charge in [0.05, 0.1) is 11.7 Å². The largest absolute Gasteiger partial charge is 0.415 e. The van der Waals surface area contributed by atoms with E-state index in [1.54, 1.807) is 0 Å². The van der Waals surface area contributed by atoms with Crippen LogP contribution in [0.3, 0.4) is 0 Å². The van der Waals surface area contributed by atoms with E-state index in [1.807, 2.05) is 0 Å². The van der Waals surface area contributed by atoms with Gasteiger partial charge in [0.1, 0.15) is 5.78 Å². The fraction of sp³-hybridized carbons (Fsp3) is 0.967. The quantitative estimate of drug-likeness (QED) is 0.291. The molecule has 4 fully saturated rings. The van der Waals surface area contributed by atoms with Crippen LogP contribution in [0.25, 0.3) is 0 Å². The van der Waals surface area contributed by atoms with Crippen LogP contribution >= 0.6 is 0 Å². The van der Waals surface area contributed by atoms with Gasteiger partial charge in [0, 0.05) is 23.9 Å². The van der Waals surface area contributed by atoms with Crippen LogP contribution in [0, 0.1) is 34.5 Å². The molecule has 4 aliphatic carbocycles. The topological polar surface area (TPSA) is 44.8 Å². The normalized spacial score (nSPS) is 43.7. The number of ketones is 1. The van der Waals surface area contributed by atoms with E-state index >= 15 is 0 Å². The number of hydrogen-bond donors (Lipinski definition) is 0. The maximum absolute atomic E-state index is 14.4. The van der Waals surface area contributed by atoms with Crippen molar-refractivity contribution < 1.29 is 18.1 Å². The predicted molar refractivity (Wildman–Crippen MR) is 161 cm³/mol. The molecule has 7 heteroatoms. The molecule has 0 radical (unpaired) electrons. The van der Waals surface area contributed by atoms with Crippen LogP contribution < -0.4 is 0 Å². The van der Waals surface area contributed by atoms with Gasteiger partial charge in [0.2, 0.25) is 0 Å². The van der Waals surface area contributed by atoms with Crippen molar-refractivity contribution in [3.8, 4) is 0 Å². The minimum absolute atomic E-state index is 0.0197. The van der Waals surface area contributed by atoms with E-state index in [-0.39, 0.29) is 28.5 Å². The third kappa shape index (κ3) is 5.57. The summed E-state index contributed by atoms with van der Waals surface area (Å²) in [6.45, 7) is 27.9. The lowest BCUT2D eigenvalue weighted by Gasteiger charge is -2.62. The van der Waals surface area contributed by atoms with Crippen molar-refractivity contribution in [2.24, 2.45) is 34.5 Å². The first-order valence-electron chi connectivity index (χ1n) is 15.3. The zero-order valence-corrected chi connectivity index (χ0v) is 29.3. The summed E-state index contributed by atoms with van der Waals surface area (Å²) < 4.78 is 20.7. The number of hydrogen-bond acceptors (Lipinski definition) is 4. The van der Waals surface area contributed by atoms with Crippen molar-refractivity contribution in [2.45, 2.75) is 149 Å². The van der Waals surface area contributed by atoms with Gasteiger partial charge in [-0.15, -0.1) is 0 Å². The molecule has 4 aliphatic rings. The Morgan fingerprint density at radius 1 is 0.838 bits per heavy atom. The average molecular weight is 567 g/mol. The molecule has 0 bridgehead atoms. The van der Waals surface area contributed by atoms with E-state index < -0.39 is 25.0 Å². The molecule has 0 aromatic heterocycles. The number of fused-ring (bicyclic) bond motifs is 5. The molecule has 9 unspecified atom stereocenters. The summed E-state index contributed by atoms with van der Waals surface area (Å²) in [5.41, 5.74) is -0.373. The number of Topliss-reactive ketones (excluding diaryl/α,β-unsaturated/α-hetero) is 1. The van der Waals surface area contributed by atoms with E-state index in [0.717, 1.165) is 25.7 Å². The highest BCUT2D eigenvalue weighted by Gasteiger charge is 2.70. The zero-order chi connectivity index (χ0) is 27.8. The second kappa shape index (κ2) is 9.64. The molecule has 4 nitrogen and oxygen atoms in total. The summed E-state index contributed by atoms with van der Waals surface area (Å²) in [6, 6.07) is 0. The van der Waals surface area contributed by atoms with Crippen molar-refractivity contribution in [3.05, 3.63) is 0 Å². The second-order valence-electron chi connectivity index (χ2n) is 16.7. The van der Waals surface area contributed by atoms with Gasteiger partial charge in [-0.1, -0.05) is 13.8 Å². The summed E-state index contributed by atoms with van der Waals surface area (Å²) >= 11 is 0. The molecule has 4 rings (SSSR count). The van der Waals surface area contributed by atoms with Gasteiger partial charge in [-0.25, -0.2) is 0 Å². The highest BCUT2D eigenvalue weighted by molar-refractivity contribution is 6.70. The number of carbonyl (C=O) groups excluding carboxylic acids is 1. The van der Waals surface area contributed by atoms with E-state index in [2.05, 4.69) is 79.7 Å². The average Bonchev–Trinajstić information content (AvgIpc) is 2.97. The van der Waals surface area contributed by atoms with E-state index in [9.17, 15) is 4.79 Å². The van der Waals surface area contributed by atoms with Crippen LogP contribution in [0.2, 0.25) is 58.9 Å². The minimum atomic E-state index is -1.88. The van der Waals surface area contributed by atoms with E-state index in [4.69, 9.17) is 13.3 Å². The first kappa shape index (κ1) is 30.2. The summed E-state index contributed by atoms with van der Waals surface area (Å²) in [4.78, 5) is 14.4. The van der Waals surface area contributed by atoms with Gasteiger partial charge in [0.25, 0.3) is 0 Å². The standard InChI is InChI=1S/C30H58O4Si3/c1-21(32-35(4,5)6)30(34-37(10,11)12)18-16-25-24-14-13-22-19-23(33-36(7,8)9)15-17-28(22,2)27(24)26(31)20-29(25,30)3/h21-25,27H,13-20H2,1-12H3. The lowest BCUT2D eigenvalue weighted by Crippen LogP contribution is -2.65. The van der Waals surface area contributed by atoms with E-state index in [1.165, 1.54) is 19.3 Å². The Kier molecular flexibility index (Phi) is 7.86. The zero-order valence-electron chi connectivity index (χ0n) is 26.3. The van der Waals surface area contributed by atoms with Gasteiger partial charge in [0.15, 0.2) is 25.0 Å². The highest BCUT2D eigenvalue weighted by Crippen LogP contribution is 2.69. The molecule has 0 heterocycles. The lowest BCUT2D eigenvalue weighted by atomic mass is 9.44. The summed E-state index contributed by atoms with van der Waals surface area (Å²) in [5.74, 6) is 2.41. The maximum atomic E-state index is 14.4. The first-order chi connectivity index (χ1) is 16.7. The third-order valence-electron chi connectivity index (χ3n) is 10.7. The Morgan fingerprint density at radius 3 is 2.05 bits per heavy atom. The summed E-state index contributed by atoms with van der Waals surface area (Å²) in [5, 5.41) is 0. The van der Waals surface area contributed by atoms with E-state index in [0.29, 0.717) is 36.1 Å². The number of rotatable bonds is 7. The van der Waals surface area contributed by atoms with Crippen LogP contribution in [0.15, 0.2) is 0 Å². The second-order valence-corrected chi connectivity index (χ2v) is 30.1. The SMILES string of the molecule is CC(O[Si](C)(C)C)C1(O[Si](C)(C)C)CCC2C3CCC4CC(O[Si](C)(C)C)CCC4(C)C3C(=O)CC21C.